The summed E-state index contributed by atoms with van der Waals surface area (Å²) in [6.07, 6.45) is 2.29. The van der Waals surface area contributed by atoms with Crippen molar-refractivity contribution in [3.05, 3.63) is 46.2 Å². The number of phenolic OH excluding ortho intramolecular Hbond substituents is 1. The van der Waals surface area contributed by atoms with Crippen molar-refractivity contribution < 1.29 is 5.11 Å². The van der Waals surface area contributed by atoms with E-state index in [1.54, 1.807) is 6.07 Å². The largest absolute Gasteiger partial charge is 0.506 e. The summed E-state index contributed by atoms with van der Waals surface area (Å²) in [7, 11) is 0. The zero-order chi connectivity index (χ0) is 16.4. The molecule has 0 aliphatic carbocycles. The maximum Gasteiger partial charge on any atom is 0.134 e. The van der Waals surface area contributed by atoms with E-state index in [0.717, 1.165) is 43.7 Å². The van der Waals surface area contributed by atoms with Gasteiger partial charge in [-0.25, -0.2) is 0 Å². The SMILES string of the molecule is CC(C)c1cc(C2CCN(Cc3ccc(O)c(Cl)c3)CC2)[nH]n1. The molecule has 0 radical (unpaired) electrons. The zero-order valence-corrected chi connectivity index (χ0v) is 14.5. The van der Waals surface area contributed by atoms with Crippen LogP contribution in [0.15, 0.2) is 24.3 Å². The van der Waals surface area contributed by atoms with Crippen LogP contribution >= 0.6 is 11.6 Å². The molecule has 0 atom stereocenters. The number of benzene rings is 1. The number of H-pyrrole nitrogens is 1. The summed E-state index contributed by atoms with van der Waals surface area (Å²) >= 11 is 5.98. The number of aromatic hydroxyl groups is 1. The van der Waals surface area contributed by atoms with Crippen molar-refractivity contribution >= 4 is 11.6 Å². The molecule has 124 valence electrons. The summed E-state index contributed by atoms with van der Waals surface area (Å²) in [5, 5.41) is 17.6. The number of nitrogens with one attached hydrogen (secondary N) is 1. The van der Waals surface area contributed by atoms with Crippen LogP contribution in [-0.2, 0) is 6.54 Å². The Kier molecular flexibility index (Phi) is 4.93. The molecule has 0 spiro atoms. The molecule has 3 rings (SSSR count). The number of phenols is 1. The molecule has 1 fully saturated rings. The number of hydrogen-bond donors (Lipinski definition) is 2. The molecule has 0 unspecified atom stereocenters. The lowest BCUT2D eigenvalue weighted by Crippen LogP contribution is -2.32. The summed E-state index contributed by atoms with van der Waals surface area (Å²) in [5.41, 5.74) is 3.58. The molecule has 1 aliphatic heterocycles. The molecular formula is C18H24ClN3O. The predicted octanol–water partition coefficient (Wildman–Crippen LogP) is 4.27. The second kappa shape index (κ2) is 6.93. The fraction of sp³-hybridized carbons (Fsp3) is 0.500. The summed E-state index contributed by atoms with van der Waals surface area (Å²) in [5.74, 6) is 1.20. The van der Waals surface area contributed by atoms with E-state index in [1.807, 2.05) is 12.1 Å². The summed E-state index contributed by atoms with van der Waals surface area (Å²) in [6.45, 7) is 7.36. The molecule has 1 saturated heterocycles. The Hall–Kier alpha value is -1.52. The molecule has 0 amide bonds. The second-order valence-electron chi connectivity index (χ2n) is 6.74. The van der Waals surface area contributed by atoms with E-state index in [0.29, 0.717) is 16.9 Å². The summed E-state index contributed by atoms with van der Waals surface area (Å²) < 4.78 is 0. The van der Waals surface area contributed by atoms with Gasteiger partial charge in [0.05, 0.1) is 10.7 Å². The average molecular weight is 334 g/mol. The molecule has 1 aliphatic rings. The highest BCUT2D eigenvalue weighted by Crippen LogP contribution is 2.30. The number of piperidine rings is 1. The van der Waals surface area contributed by atoms with Crippen molar-refractivity contribution in [2.45, 2.75) is 45.1 Å². The van der Waals surface area contributed by atoms with Crippen LogP contribution in [0.2, 0.25) is 5.02 Å². The fourth-order valence-electron chi connectivity index (χ4n) is 3.17. The van der Waals surface area contributed by atoms with Crippen LogP contribution < -0.4 is 0 Å². The molecule has 2 aromatic rings. The molecule has 4 nitrogen and oxygen atoms in total. The quantitative estimate of drug-likeness (QED) is 0.878. The minimum Gasteiger partial charge on any atom is -0.506 e. The maximum atomic E-state index is 9.50. The summed E-state index contributed by atoms with van der Waals surface area (Å²) in [6, 6.07) is 7.69. The van der Waals surface area contributed by atoms with E-state index < -0.39 is 0 Å². The van der Waals surface area contributed by atoms with E-state index in [2.05, 4.69) is 35.0 Å². The number of hydrogen-bond acceptors (Lipinski definition) is 3. The monoisotopic (exact) mass is 333 g/mol. The van der Waals surface area contributed by atoms with Crippen LogP contribution in [0.5, 0.6) is 5.75 Å². The number of rotatable bonds is 4. The Labute approximate surface area is 142 Å². The van der Waals surface area contributed by atoms with E-state index in [-0.39, 0.29) is 5.75 Å². The first-order valence-electron chi connectivity index (χ1n) is 8.28. The number of nitrogens with zero attached hydrogens (tertiary/aromatic N) is 2. The maximum absolute atomic E-state index is 9.50. The highest BCUT2D eigenvalue weighted by atomic mass is 35.5. The van der Waals surface area contributed by atoms with E-state index in [4.69, 9.17) is 11.6 Å². The lowest BCUT2D eigenvalue weighted by atomic mass is 9.92. The Morgan fingerprint density at radius 3 is 2.65 bits per heavy atom. The van der Waals surface area contributed by atoms with Gasteiger partial charge in [-0.3, -0.25) is 10.00 Å². The van der Waals surface area contributed by atoms with E-state index >= 15 is 0 Å². The Balaban J connectivity index is 1.56. The van der Waals surface area contributed by atoms with Crippen molar-refractivity contribution in [3.63, 3.8) is 0 Å². The smallest absolute Gasteiger partial charge is 0.134 e. The van der Waals surface area contributed by atoms with Crippen LogP contribution in [-0.4, -0.2) is 33.3 Å². The van der Waals surface area contributed by atoms with E-state index in [9.17, 15) is 5.11 Å². The van der Waals surface area contributed by atoms with Gasteiger partial charge in [-0.2, -0.15) is 5.10 Å². The third-order valence-electron chi connectivity index (χ3n) is 4.65. The molecule has 1 aromatic carbocycles. The van der Waals surface area contributed by atoms with Crippen LogP contribution in [0.25, 0.3) is 0 Å². The van der Waals surface area contributed by atoms with Crippen molar-refractivity contribution in [2.24, 2.45) is 0 Å². The minimum absolute atomic E-state index is 0.148. The third-order valence-corrected chi connectivity index (χ3v) is 4.96. The van der Waals surface area contributed by atoms with Gasteiger partial charge in [0.2, 0.25) is 0 Å². The second-order valence-corrected chi connectivity index (χ2v) is 7.15. The zero-order valence-electron chi connectivity index (χ0n) is 13.7. The van der Waals surface area contributed by atoms with Crippen molar-refractivity contribution in [1.29, 1.82) is 0 Å². The van der Waals surface area contributed by atoms with Crippen molar-refractivity contribution in [1.82, 2.24) is 15.1 Å². The molecule has 2 heterocycles. The average Bonchev–Trinajstić information content (AvgIpc) is 3.02. The van der Waals surface area contributed by atoms with Crippen LogP contribution in [0, 0.1) is 0 Å². The third kappa shape index (κ3) is 3.88. The van der Waals surface area contributed by atoms with Gasteiger partial charge in [0.15, 0.2) is 0 Å². The Morgan fingerprint density at radius 2 is 2.04 bits per heavy atom. The van der Waals surface area contributed by atoms with Gasteiger partial charge < -0.3 is 5.11 Å². The van der Waals surface area contributed by atoms with Crippen molar-refractivity contribution in [2.75, 3.05) is 13.1 Å². The van der Waals surface area contributed by atoms with Crippen LogP contribution in [0.1, 0.15) is 55.5 Å². The summed E-state index contributed by atoms with van der Waals surface area (Å²) in [4.78, 5) is 2.44. The molecule has 2 N–H and O–H groups in total. The first kappa shape index (κ1) is 16.3. The van der Waals surface area contributed by atoms with E-state index in [1.165, 1.54) is 5.69 Å². The lowest BCUT2D eigenvalue weighted by molar-refractivity contribution is 0.203. The van der Waals surface area contributed by atoms with Gasteiger partial charge >= 0.3 is 0 Å². The molecule has 5 heteroatoms. The highest BCUT2D eigenvalue weighted by molar-refractivity contribution is 6.32. The number of aromatic nitrogens is 2. The Morgan fingerprint density at radius 1 is 1.30 bits per heavy atom. The molecular weight excluding hydrogens is 310 g/mol. The topological polar surface area (TPSA) is 52.1 Å². The molecule has 0 bridgehead atoms. The molecule has 23 heavy (non-hydrogen) atoms. The lowest BCUT2D eigenvalue weighted by Gasteiger charge is -2.31. The van der Waals surface area contributed by atoms with Gasteiger partial charge in [0.1, 0.15) is 5.75 Å². The first-order valence-corrected chi connectivity index (χ1v) is 8.65. The number of aromatic amines is 1. The standard InChI is InChI=1S/C18H24ClN3O/c1-12(2)16-10-17(21-20-16)14-5-7-22(8-6-14)11-13-3-4-18(23)15(19)9-13/h3-4,9-10,12,14,23H,5-8,11H2,1-2H3,(H,20,21). The highest BCUT2D eigenvalue weighted by Gasteiger charge is 2.22. The fourth-order valence-corrected chi connectivity index (χ4v) is 3.37. The van der Waals surface area contributed by atoms with Crippen molar-refractivity contribution in [3.8, 4) is 5.75 Å². The van der Waals surface area contributed by atoms with Crippen LogP contribution in [0.3, 0.4) is 0 Å². The Bertz CT molecular complexity index is 660. The number of halogens is 1. The van der Waals surface area contributed by atoms with Gasteiger partial charge in [-0.05, 0) is 55.6 Å². The minimum atomic E-state index is 0.148. The van der Waals surface area contributed by atoms with Gasteiger partial charge in [0, 0.05) is 18.2 Å². The van der Waals surface area contributed by atoms with Gasteiger partial charge in [-0.1, -0.05) is 31.5 Å². The van der Waals surface area contributed by atoms with Gasteiger partial charge in [-0.15, -0.1) is 0 Å². The first-order chi connectivity index (χ1) is 11.0. The van der Waals surface area contributed by atoms with Crippen LogP contribution in [0.4, 0.5) is 0 Å². The van der Waals surface area contributed by atoms with Gasteiger partial charge in [0.25, 0.3) is 0 Å². The number of likely N-dealkylation sites (tertiary alicyclic amines) is 1. The normalized spacial score (nSPS) is 17.0. The molecule has 1 aromatic heterocycles. The molecule has 0 saturated carbocycles. The predicted molar refractivity (Wildman–Crippen MR) is 93.0 cm³/mol.